The van der Waals surface area contributed by atoms with E-state index >= 15 is 0 Å². The summed E-state index contributed by atoms with van der Waals surface area (Å²) >= 11 is 0. The minimum absolute atomic E-state index is 0.00872. The van der Waals surface area contributed by atoms with Crippen molar-refractivity contribution in [1.29, 1.82) is 0 Å². The number of amides is 1. The molecule has 5 heteroatoms. The predicted molar refractivity (Wildman–Crippen MR) is 81.6 cm³/mol. The van der Waals surface area contributed by atoms with Crippen molar-refractivity contribution < 1.29 is 15.0 Å². The maximum atomic E-state index is 12.6. The summed E-state index contributed by atoms with van der Waals surface area (Å²) in [4.78, 5) is 14.4. The highest BCUT2D eigenvalue weighted by molar-refractivity contribution is 5.97. The van der Waals surface area contributed by atoms with Crippen LogP contribution in [0.15, 0.2) is 18.2 Å². The number of aromatic hydroxyl groups is 2. The van der Waals surface area contributed by atoms with Crippen LogP contribution < -0.4 is 5.32 Å². The van der Waals surface area contributed by atoms with Gasteiger partial charge in [-0.05, 0) is 44.0 Å². The van der Waals surface area contributed by atoms with Crippen LogP contribution in [-0.2, 0) is 0 Å². The lowest BCUT2D eigenvalue weighted by molar-refractivity contribution is 0.0736. The molecule has 1 heterocycles. The van der Waals surface area contributed by atoms with E-state index < -0.39 is 0 Å². The molecule has 1 saturated heterocycles. The third-order valence-electron chi connectivity index (χ3n) is 3.88. The fourth-order valence-electron chi connectivity index (χ4n) is 2.67. The van der Waals surface area contributed by atoms with E-state index in [0.717, 1.165) is 32.2 Å². The van der Waals surface area contributed by atoms with Crippen molar-refractivity contribution in [2.24, 2.45) is 0 Å². The van der Waals surface area contributed by atoms with Gasteiger partial charge in [0.25, 0.3) is 5.91 Å². The van der Waals surface area contributed by atoms with Crippen LogP contribution in [-0.4, -0.2) is 46.7 Å². The van der Waals surface area contributed by atoms with Crippen LogP contribution in [0.2, 0.25) is 0 Å². The van der Waals surface area contributed by atoms with Gasteiger partial charge in [0.15, 0.2) is 0 Å². The second-order valence-corrected chi connectivity index (χ2v) is 5.60. The molecule has 0 spiro atoms. The summed E-state index contributed by atoms with van der Waals surface area (Å²) in [7, 11) is 0. The Morgan fingerprint density at radius 3 is 2.90 bits per heavy atom. The minimum Gasteiger partial charge on any atom is -0.508 e. The van der Waals surface area contributed by atoms with Crippen molar-refractivity contribution in [1.82, 2.24) is 10.2 Å². The number of benzene rings is 1. The number of hydrogen-bond donors (Lipinski definition) is 3. The highest BCUT2D eigenvalue weighted by Gasteiger charge is 2.24. The van der Waals surface area contributed by atoms with Crippen molar-refractivity contribution >= 4 is 5.91 Å². The molecule has 2 rings (SSSR count). The number of carbonyl (C=O) groups excluding carboxylic acids is 1. The lowest BCUT2D eigenvalue weighted by Gasteiger charge is -2.26. The average Bonchev–Trinajstić information content (AvgIpc) is 2.98. The fraction of sp³-hybridized carbons (Fsp3) is 0.562. The van der Waals surface area contributed by atoms with E-state index in [0.29, 0.717) is 19.1 Å². The first-order chi connectivity index (χ1) is 10.1. The second kappa shape index (κ2) is 7.31. The van der Waals surface area contributed by atoms with Gasteiger partial charge in [0.2, 0.25) is 0 Å². The second-order valence-electron chi connectivity index (χ2n) is 5.60. The van der Waals surface area contributed by atoms with Crippen LogP contribution in [0.3, 0.4) is 0 Å². The molecule has 1 fully saturated rings. The first kappa shape index (κ1) is 15.6. The zero-order valence-electron chi connectivity index (χ0n) is 12.5. The Bertz CT molecular complexity index is 484. The van der Waals surface area contributed by atoms with Crippen molar-refractivity contribution in [3.8, 4) is 11.5 Å². The van der Waals surface area contributed by atoms with Gasteiger partial charge in [-0.2, -0.15) is 0 Å². The molecule has 1 amide bonds. The molecule has 1 unspecified atom stereocenters. The molecule has 5 nitrogen and oxygen atoms in total. The molecule has 1 aromatic carbocycles. The normalized spacial score (nSPS) is 17.9. The van der Waals surface area contributed by atoms with E-state index in [1.54, 1.807) is 4.90 Å². The summed E-state index contributed by atoms with van der Waals surface area (Å²) < 4.78 is 0. The fourth-order valence-corrected chi connectivity index (χ4v) is 2.67. The maximum Gasteiger partial charge on any atom is 0.257 e. The zero-order valence-corrected chi connectivity index (χ0v) is 12.5. The van der Waals surface area contributed by atoms with E-state index in [2.05, 4.69) is 12.2 Å². The minimum atomic E-state index is -0.217. The molecular weight excluding hydrogens is 268 g/mol. The van der Waals surface area contributed by atoms with Gasteiger partial charge in [0.05, 0.1) is 5.56 Å². The highest BCUT2D eigenvalue weighted by Crippen LogP contribution is 2.24. The predicted octanol–water partition coefficient (Wildman–Crippen LogP) is 2.09. The Morgan fingerprint density at radius 2 is 2.24 bits per heavy atom. The van der Waals surface area contributed by atoms with Crippen LogP contribution in [0.4, 0.5) is 0 Å². The quantitative estimate of drug-likeness (QED) is 0.702. The molecule has 0 aliphatic carbocycles. The topological polar surface area (TPSA) is 72.8 Å². The number of phenols is 2. The molecular formula is C16H24N2O3. The lowest BCUT2D eigenvalue weighted by Crippen LogP contribution is -2.41. The van der Waals surface area contributed by atoms with Crippen LogP contribution in [0.5, 0.6) is 11.5 Å². The molecule has 0 bridgehead atoms. The molecule has 21 heavy (non-hydrogen) atoms. The third kappa shape index (κ3) is 4.11. The van der Waals surface area contributed by atoms with Crippen molar-refractivity contribution in [2.75, 3.05) is 19.6 Å². The van der Waals surface area contributed by atoms with Gasteiger partial charge >= 0.3 is 0 Å². The number of nitrogens with one attached hydrogen (secondary N) is 1. The molecule has 3 N–H and O–H groups in total. The standard InChI is InChI=1S/C16H24N2O3/c1-2-3-9-18(11-12-5-4-8-17-12)16(21)14-10-13(19)6-7-15(14)20/h6-7,10,12,17,19-20H,2-5,8-9,11H2,1H3. The van der Waals surface area contributed by atoms with E-state index in [4.69, 9.17) is 0 Å². The Morgan fingerprint density at radius 1 is 1.43 bits per heavy atom. The van der Waals surface area contributed by atoms with Crippen molar-refractivity contribution in [2.45, 2.75) is 38.6 Å². The van der Waals surface area contributed by atoms with Crippen LogP contribution in [0.1, 0.15) is 43.0 Å². The van der Waals surface area contributed by atoms with Crippen molar-refractivity contribution in [3.05, 3.63) is 23.8 Å². The monoisotopic (exact) mass is 292 g/mol. The summed E-state index contributed by atoms with van der Waals surface area (Å²) in [5, 5.41) is 22.8. The number of rotatable bonds is 6. The smallest absolute Gasteiger partial charge is 0.257 e. The summed E-state index contributed by atoms with van der Waals surface area (Å²) in [6, 6.07) is 4.39. The summed E-state index contributed by atoms with van der Waals surface area (Å²) in [5.41, 5.74) is 0.170. The van der Waals surface area contributed by atoms with Gasteiger partial charge < -0.3 is 20.4 Å². The Labute approximate surface area is 125 Å². The molecule has 1 aliphatic heterocycles. The van der Waals surface area contributed by atoms with E-state index in [9.17, 15) is 15.0 Å². The lowest BCUT2D eigenvalue weighted by atomic mass is 10.1. The number of hydrogen-bond acceptors (Lipinski definition) is 4. The van der Waals surface area contributed by atoms with E-state index in [-0.39, 0.29) is 23.0 Å². The first-order valence-electron chi connectivity index (χ1n) is 7.66. The SMILES string of the molecule is CCCCN(CC1CCCN1)C(=O)c1cc(O)ccc1O. The summed E-state index contributed by atoms with van der Waals surface area (Å²) in [6.07, 6.45) is 4.14. The van der Waals surface area contributed by atoms with Gasteiger partial charge in [-0.3, -0.25) is 4.79 Å². The van der Waals surface area contributed by atoms with Gasteiger partial charge in [-0.25, -0.2) is 0 Å². The maximum absolute atomic E-state index is 12.6. The average molecular weight is 292 g/mol. The largest absolute Gasteiger partial charge is 0.508 e. The number of nitrogens with zero attached hydrogens (tertiary/aromatic N) is 1. The van der Waals surface area contributed by atoms with Gasteiger partial charge in [-0.1, -0.05) is 13.3 Å². The first-order valence-corrected chi connectivity index (χ1v) is 7.66. The molecule has 0 aromatic heterocycles. The molecule has 0 saturated carbocycles. The van der Waals surface area contributed by atoms with E-state index in [1.807, 2.05) is 0 Å². The number of unbranched alkanes of at least 4 members (excludes halogenated alkanes) is 1. The highest BCUT2D eigenvalue weighted by atomic mass is 16.3. The van der Waals surface area contributed by atoms with Gasteiger partial charge in [-0.15, -0.1) is 0 Å². The molecule has 1 atom stereocenters. The zero-order chi connectivity index (χ0) is 15.2. The van der Waals surface area contributed by atoms with E-state index in [1.165, 1.54) is 18.2 Å². The van der Waals surface area contributed by atoms with Crippen LogP contribution in [0, 0.1) is 0 Å². The Balaban J connectivity index is 2.13. The van der Waals surface area contributed by atoms with Crippen molar-refractivity contribution in [3.63, 3.8) is 0 Å². The molecule has 1 aromatic rings. The van der Waals surface area contributed by atoms with Gasteiger partial charge in [0, 0.05) is 19.1 Å². The Kier molecular flexibility index (Phi) is 5.44. The van der Waals surface area contributed by atoms with Crippen LogP contribution >= 0.6 is 0 Å². The van der Waals surface area contributed by atoms with Gasteiger partial charge in [0.1, 0.15) is 11.5 Å². The van der Waals surface area contributed by atoms with Crippen LogP contribution in [0.25, 0.3) is 0 Å². The summed E-state index contributed by atoms with van der Waals surface area (Å²) in [6.45, 7) is 4.40. The third-order valence-corrected chi connectivity index (χ3v) is 3.88. The summed E-state index contributed by atoms with van der Waals surface area (Å²) in [5.74, 6) is -0.310. The molecule has 0 radical (unpaired) electrons. The molecule has 116 valence electrons. The number of carbonyl (C=O) groups is 1. The number of phenolic OH excluding ortho intramolecular Hbond substituents is 2. The Hall–Kier alpha value is -1.75. The molecule has 1 aliphatic rings.